The van der Waals surface area contributed by atoms with E-state index in [2.05, 4.69) is 44.7 Å². The molecule has 2 aliphatic rings. The Morgan fingerprint density at radius 2 is 1.71 bits per heavy atom. The molecule has 10 nitrogen and oxygen atoms in total. The summed E-state index contributed by atoms with van der Waals surface area (Å²) in [5.74, 6) is -0.750. The number of pyridine rings is 1. The Kier molecular flexibility index (Phi) is 10.3. The number of amides is 2. The van der Waals surface area contributed by atoms with Crippen LogP contribution in [0.1, 0.15) is 70.9 Å². The predicted octanol–water partition coefficient (Wildman–Crippen LogP) is 5.80. The van der Waals surface area contributed by atoms with Crippen LogP contribution in [0.25, 0.3) is 11.1 Å². The minimum Gasteiger partial charge on any atom is -0.507 e. The lowest BCUT2D eigenvalue weighted by molar-refractivity contribution is 0.0888. The second-order valence-electron chi connectivity index (χ2n) is 12.9. The van der Waals surface area contributed by atoms with Gasteiger partial charge in [-0.2, -0.15) is 0 Å². The zero-order chi connectivity index (χ0) is 33.8. The lowest BCUT2D eigenvalue weighted by Gasteiger charge is -2.36. The molecule has 0 spiro atoms. The van der Waals surface area contributed by atoms with Crippen molar-refractivity contribution in [1.82, 2.24) is 30.8 Å². The third-order valence-electron chi connectivity index (χ3n) is 8.82. The van der Waals surface area contributed by atoms with Gasteiger partial charge in [0.05, 0.1) is 11.2 Å². The molecule has 4 aromatic rings. The van der Waals surface area contributed by atoms with Crippen LogP contribution >= 0.6 is 11.3 Å². The Labute approximate surface area is 283 Å². The number of nitrogens with zero attached hydrogens (tertiary/aromatic N) is 3. The van der Waals surface area contributed by atoms with E-state index >= 15 is 0 Å². The number of nitrogens with one attached hydrogen (secondary N) is 3. The van der Waals surface area contributed by atoms with Gasteiger partial charge < -0.3 is 25.8 Å². The molecule has 2 aromatic heterocycles. The van der Waals surface area contributed by atoms with Crippen LogP contribution in [-0.4, -0.2) is 69.0 Å². The summed E-state index contributed by atoms with van der Waals surface area (Å²) in [5, 5.41) is 23.4. The number of aryl methyl sites for hydroxylation is 1. The molecule has 2 fully saturated rings. The van der Waals surface area contributed by atoms with Crippen molar-refractivity contribution in [2.24, 2.45) is 0 Å². The zero-order valence-corrected chi connectivity index (χ0v) is 28.1. The topological polar surface area (TPSA) is 129 Å². The fourth-order valence-electron chi connectivity index (χ4n) is 6.64. The van der Waals surface area contributed by atoms with E-state index in [1.165, 1.54) is 11.3 Å². The Bertz CT molecular complexity index is 1760. The van der Waals surface area contributed by atoms with Gasteiger partial charge in [0.15, 0.2) is 0 Å². The summed E-state index contributed by atoms with van der Waals surface area (Å²) in [6, 6.07) is 14.6. The first-order valence-electron chi connectivity index (χ1n) is 16.4. The van der Waals surface area contributed by atoms with Crippen molar-refractivity contribution < 1.29 is 23.8 Å². The first-order valence-corrected chi connectivity index (χ1v) is 17.3. The second-order valence-corrected chi connectivity index (χ2v) is 13.9. The third-order valence-corrected chi connectivity index (χ3v) is 9.59. The van der Waals surface area contributed by atoms with E-state index in [9.17, 15) is 19.1 Å². The Morgan fingerprint density at radius 1 is 1.02 bits per heavy atom. The molecule has 0 bridgehead atoms. The highest BCUT2D eigenvalue weighted by molar-refractivity contribution is 7.09. The molecule has 0 radical (unpaired) electrons. The number of para-hydroxylation sites is 1. The van der Waals surface area contributed by atoms with Gasteiger partial charge in [-0.25, -0.2) is 14.4 Å². The summed E-state index contributed by atoms with van der Waals surface area (Å²) in [6.45, 7) is 8.60. The number of phenolic OH excluding ortho intramolecular Hbond substituents is 1. The van der Waals surface area contributed by atoms with Gasteiger partial charge in [-0.1, -0.05) is 30.3 Å². The van der Waals surface area contributed by atoms with Crippen LogP contribution in [0.15, 0.2) is 60.1 Å². The van der Waals surface area contributed by atoms with Crippen LogP contribution in [0.2, 0.25) is 0 Å². The van der Waals surface area contributed by atoms with Gasteiger partial charge in [-0.05, 0) is 70.2 Å². The normalized spacial score (nSPS) is 21.4. The van der Waals surface area contributed by atoms with Gasteiger partial charge in [0.1, 0.15) is 28.6 Å². The Morgan fingerprint density at radius 3 is 2.40 bits per heavy atom. The van der Waals surface area contributed by atoms with E-state index in [1.54, 1.807) is 23.6 Å². The van der Waals surface area contributed by atoms with E-state index in [0.717, 1.165) is 41.5 Å². The van der Waals surface area contributed by atoms with E-state index in [-0.39, 0.29) is 35.2 Å². The van der Waals surface area contributed by atoms with Gasteiger partial charge >= 0.3 is 0 Å². The molecule has 2 amide bonds. The lowest BCUT2D eigenvalue weighted by atomic mass is 9.91. The molecular weight excluding hydrogens is 631 g/mol. The molecule has 4 N–H and O–H groups in total. The van der Waals surface area contributed by atoms with Gasteiger partial charge in [-0.15, -0.1) is 11.3 Å². The SMILES string of the molecule is Cc1nc(C(=O)N[C@H]2CC[C@@H](NC(=O)c3cc(F)cnc3Oc3cccc(-c4cccc(CN5C[C@@H](C)N[C@@H](C)C5)c4O)c3)CC2)cs1. The number of phenols is 1. The number of aromatic hydroxyl groups is 1. The van der Waals surface area contributed by atoms with E-state index < -0.39 is 11.7 Å². The van der Waals surface area contributed by atoms with Gasteiger partial charge in [0, 0.05) is 60.3 Å². The molecule has 1 aliphatic heterocycles. The molecule has 2 aromatic carbocycles. The quantitative estimate of drug-likeness (QED) is 0.176. The maximum absolute atomic E-state index is 14.3. The molecule has 48 heavy (non-hydrogen) atoms. The number of benzene rings is 2. The molecule has 12 heteroatoms. The highest BCUT2D eigenvalue weighted by atomic mass is 32.1. The third kappa shape index (κ3) is 8.18. The van der Waals surface area contributed by atoms with Crippen LogP contribution in [0.3, 0.4) is 0 Å². The molecule has 6 rings (SSSR count). The van der Waals surface area contributed by atoms with Gasteiger partial charge in [-0.3, -0.25) is 14.5 Å². The number of halogens is 1. The van der Waals surface area contributed by atoms with Crippen molar-refractivity contribution in [1.29, 1.82) is 0 Å². The molecule has 1 saturated heterocycles. The van der Waals surface area contributed by atoms with Crippen molar-refractivity contribution >= 4 is 23.2 Å². The van der Waals surface area contributed by atoms with Crippen LogP contribution < -0.4 is 20.7 Å². The maximum atomic E-state index is 14.3. The van der Waals surface area contributed by atoms with E-state index in [1.807, 2.05) is 31.2 Å². The zero-order valence-electron chi connectivity index (χ0n) is 27.3. The average molecular weight is 673 g/mol. The number of aromatic nitrogens is 2. The molecule has 1 aliphatic carbocycles. The van der Waals surface area contributed by atoms with E-state index in [0.29, 0.717) is 61.3 Å². The number of thiazole rings is 1. The van der Waals surface area contributed by atoms with Gasteiger partial charge in [0.2, 0.25) is 5.88 Å². The summed E-state index contributed by atoms with van der Waals surface area (Å²) in [7, 11) is 0. The van der Waals surface area contributed by atoms with Crippen LogP contribution in [0.5, 0.6) is 17.4 Å². The number of hydrogen-bond acceptors (Lipinski definition) is 9. The number of ether oxygens (including phenoxy) is 1. The molecule has 3 heterocycles. The first kappa shape index (κ1) is 33.5. The number of piperazine rings is 1. The molecule has 2 atom stereocenters. The molecular formula is C36H41FN6O4S. The monoisotopic (exact) mass is 672 g/mol. The minimum atomic E-state index is -0.653. The van der Waals surface area contributed by atoms with Gasteiger partial charge in [0.25, 0.3) is 11.8 Å². The Hall–Kier alpha value is -4.39. The molecule has 0 unspecified atom stereocenters. The summed E-state index contributed by atoms with van der Waals surface area (Å²) in [4.78, 5) is 36.6. The highest BCUT2D eigenvalue weighted by Crippen LogP contribution is 2.36. The molecule has 1 saturated carbocycles. The van der Waals surface area contributed by atoms with Crippen LogP contribution in [0, 0.1) is 12.7 Å². The molecule has 252 valence electrons. The second kappa shape index (κ2) is 14.8. The number of rotatable bonds is 9. The van der Waals surface area contributed by atoms with Crippen LogP contribution in [-0.2, 0) is 6.54 Å². The smallest absolute Gasteiger partial charge is 0.270 e. The van der Waals surface area contributed by atoms with Crippen molar-refractivity contribution in [2.75, 3.05) is 13.1 Å². The van der Waals surface area contributed by atoms with Crippen molar-refractivity contribution in [3.05, 3.63) is 87.8 Å². The summed E-state index contributed by atoms with van der Waals surface area (Å²) in [5.41, 5.74) is 2.64. The largest absolute Gasteiger partial charge is 0.507 e. The van der Waals surface area contributed by atoms with Crippen molar-refractivity contribution in [3.63, 3.8) is 0 Å². The summed E-state index contributed by atoms with van der Waals surface area (Å²) < 4.78 is 20.4. The average Bonchev–Trinajstić information content (AvgIpc) is 3.50. The van der Waals surface area contributed by atoms with Crippen molar-refractivity contribution in [3.8, 4) is 28.5 Å². The Balaban J connectivity index is 1.11. The first-order chi connectivity index (χ1) is 23.1. The maximum Gasteiger partial charge on any atom is 0.270 e. The van der Waals surface area contributed by atoms with Crippen molar-refractivity contribution in [2.45, 2.75) is 77.2 Å². The fourth-order valence-corrected chi connectivity index (χ4v) is 7.24. The number of carbonyl (C=O) groups excluding carboxylic acids is 2. The number of hydrogen-bond donors (Lipinski definition) is 4. The highest BCUT2D eigenvalue weighted by Gasteiger charge is 2.27. The predicted molar refractivity (Wildman–Crippen MR) is 183 cm³/mol. The fraction of sp³-hybridized carbons (Fsp3) is 0.389. The van der Waals surface area contributed by atoms with E-state index in [4.69, 9.17) is 4.74 Å². The summed E-state index contributed by atoms with van der Waals surface area (Å²) in [6.07, 6.45) is 3.71. The summed E-state index contributed by atoms with van der Waals surface area (Å²) >= 11 is 1.43. The number of carbonyl (C=O) groups is 2. The lowest BCUT2D eigenvalue weighted by Crippen LogP contribution is -2.53. The standard InChI is InChI=1S/C36H41FN6O4S/c1-21-17-43(18-22(2)39-21)19-25-7-5-9-30(33(25)44)24-6-4-8-29(14-24)47-36-31(15-26(37)16-38-36)34(45)41-27-10-12-28(13-11-27)42-35(46)32-20-48-23(3)40-32/h4-9,14-16,20-22,27-28,39,44H,10-13,17-19H2,1-3H3,(H,41,45)(H,42,46)/t21-,22+,27-,28+. The van der Waals surface area contributed by atoms with Crippen LogP contribution in [0.4, 0.5) is 4.39 Å². The minimum absolute atomic E-state index is 0.00994.